The van der Waals surface area contributed by atoms with Crippen molar-refractivity contribution in [3.8, 4) is 0 Å². The predicted octanol–water partition coefficient (Wildman–Crippen LogP) is 5.15. The van der Waals surface area contributed by atoms with Crippen LogP contribution >= 0.6 is 0 Å². The Morgan fingerprint density at radius 2 is 1.60 bits per heavy atom. The number of nitrogens with zero attached hydrogens (tertiary/aromatic N) is 2. The highest BCUT2D eigenvalue weighted by atomic mass is 19.4. The first-order valence-corrected chi connectivity index (χ1v) is 11.3. The van der Waals surface area contributed by atoms with Crippen LogP contribution in [0.3, 0.4) is 0 Å². The van der Waals surface area contributed by atoms with E-state index in [4.69, 9.17) is 9.90 Å². The Balaban J connectivity index is 0.000000429. The van der Waals surface area contributed by atoms with E-state index < -0.39 is 12.1 Å². The van der Waals surface area contributed by atoms with Gasteiger partial charge in [-0.1, -0.05) is 24.3 Å². The van der Waals surface area contributed by atoms with Crippen LogP contribution in [0.4, 0.5) is 22.0 Å². The SMILES string of the molecule is O=C(O)C(F)(F)F.O=C1CCC2(CCCN(Cc3ccc(F)cc3)CC2)N1Cc1cccc(F)c1. The van der Waals surface area contributed by atoms with Gasteiger partial charge in [-0.15, -0.1) is 0 Å². The number of carbonyl (C=O) groups is 2. The summed E-state index contributed by atoms with van der Waals surface area (Å²) in [5.41, 5.74) is 1.83. The summed E-state index contributed by atoms with van der Waals surface area (Å²) in [5.74, 6) is -3.05. The first kappa shape index (κ1) is 26.6. The molecule has 2 heterocycles. The molecule has 1 N–H and O–H groups in total. The van der Waals surface area contributed by atoms with Gasteiger partial charge in [0.25, 0.3) is 0 Å². The van der Waals surface area contributed by atoms with Crippen LogP contribution in [0.2, 0.25) is 0 Å². The van der Waals surface area contributed by atoms with Crippen LogP contribution in [-0.4, -0.2) is 51.6 Å². The van der Waals surface area contributed by atoms with Gasteiger partial charge in [-0.05, 0) is 67.6 Å². The largest absolute Gasteiger partial charge is 0.490 e. The molecule has 2 saturated heterocycles. The van der Waals surface area contributed by atoms with Gasteiger partial charge in [0, 0.05) is 31.6 Å². The van der Waals surface area contributed by atoms with Crippen molar-refractivity contribution >= 4 is 11.9 Å². The highest BCUT2D eigenvalue weighted by Gasteiger charge is 2.45. The molecule has 190 valence electrons. The second-order valence-electron chi connectivity index (χ2n) is 8.89. The zero-order valence-electron chi connectivity index (χ0n) is 19.0. The Morgan fingerprint density at radius 3 is 2.23 bits per heavy atom. The molecule has 2 aliphatic heterocycles. The lowest BCUT2D eigenvalue weighted by Gasteiger charge is -2.38. The summed E-state index contributed by atoms with van der Waals surface area (Å²) < 4.78 is 58.5. The average molecular weight is 498 g/mol. The molecular weight excluding hydrogens is 471 g/mol. The Kier molecular flexibility index (Phi) is 8.47. The normalized spacial score (nSPS) is 20.9. The van der Waals surface area contributed by atoms with Crippen LogP contribution in [0.5, 0.6) is 0 Å². The van der Waals surface area contributed by atoms with Crippen molar-refractivity contribution in [3.05, 3.63) is 71.3 Å². The molecule has 0 aliphatic carbocycles. The molecule has 0 bridgehead atoms. The smallest absolute Gasteiger partial charge is 0.475 e. The molecule has 1 spiro atoms. The molecule has 2 aromatic carbocycles. The summed E-state index contributed by atoms with van der Waals surface area (Å²) >= 11 is 0. The molecule has 10 heteroatoms. The van der Waals surface area contributed by atoms with Gasteiger partial charge in [0.05, 0.1) is 0 Å². The van der Waals surface area contributed by atoms with E-state index in [1.54, 1.807) is 6.07 Å². The third kappa shape index (κ3) is 7.24. The fourth-order valence-corrected chi connectivity index (χ4v) is 4.71. The van der Waals surface area contributed by atoms with Gasteiger partial charge in [0.1, 0.15) is 11.6 Å². The Bertz CT molecular complexity index is 1030. The minimum absolute atomic E-state index is 0.124. The number of rotatable bonds is 4. The van der Waals surface area contributed by atoms with Gasteiger partial charge in [0.15, 0.2) is 0 Å². The molecule has 35 heavy (non-hydrogen) atoms. The minimum atomic E-state index is -5.08. The molecule has 2 fully saturated rings. The maximum atomic E-state index is 13.6. The quantitative estimate of drug-likeness (QED) is 0.593. The van der Waals surface area contributed by atoms with Crippen LogP contribution in [0.1, 0.15) is 43.2 Å². The summed E-state index contributed by atoms with van der Waals surface area (Å²) in [6, 6.07) is 13.2. The minimum Gasteiger partial charge on any atom is -0.475 e. The van der Waals surface area contributed by atoms with Crippen molar-refractivity contribution in [3.63, 3.8) is 0 Å². The summed E-state index contributed by atoms with van der Waals surface area (Å²) in [4.78, 5) is 25.9. The number of benzene rings is 2. The highest BCUT2D eigenvalue weighted by molar-refractivity contribution is 5.79. The van der Waals surface area contributed by atoms with Crippen molar-refractivity contribution in [1.82, 2.24) is 9.80 Å². The highest BCUT2D eigenvalue weighted by Crippen LogP contribution is 2.40. The molecule has 0 radical (unpaired) electrons. The van der Waals surface area contributed by atoms with E-state index in [9.17, 15) is 26.7 Å². The van der Waals surface area contributed by atoms with Gasteiger partial charge in [-0.3, -0.25) is 9.69 Å². The van der Waals surface area contributed by atoms with Crippen LogP contribution in [0.25, 0.3) is 0 Å². The maximum absolute atomic E-state index is 13.6. The molecular formula is C25H27F5N2O3. The van der Waals surface area contributed by atoms with E-state index in [1.165, 1.54) is 24.3 Å². The van der Waals surface area contributed by atoms with Gasteiger partial charge in [0.2, 0.25) is 5.91 Å². The first-order valence-electron chi connectivity index (χ1n) is 11.3. The molecule has 2 aromatic rings. The Morgan fingerprint density at radius 1 is 0.914 bits per heavy atom. The van der Waals surface area contributed by atoms with Crippen molar-refractivity contribution in [2.24, 2.45) is 0 Å². The van der Waals surface area contributed by atoms with E-state index in [0.717, 1.165) is 56.4 Å². The Hall–Kier alpha value is -3.01. The number of carboxylic acids is 1. The standard InChI is InChI=1S/C23H26F2N2O.C2HF3O2/c24-20-7-5-18(6-8-20)16-26-13-2-10-23(12-14-26)11-9-22(28)27(23)17-19-3-1-4-21(25)15-19;3-2(4,5)1(6)7/h1,3-8,15H,2,9-14,16-17H2;(H,6,7). The summed E-state index contributed by atoms with van der Waals surface area (Å²) in [7, 11) is 0. The lowest BCUT2D eigenvalue weighted by atomic mass is 9.87. The first-order chi connectivity index (χ1) is 16.5. The second kappa shape index (κ2) is 11.2. The van der Waals surface area contributed by atoms with Gasteiger partial charge >= 0.3 is 12.1 Å². The molecule has 0 saturated carbocycles. The summed E-state index contributed by atoms with van der Waals surface area (Å²) in [6.45, 7) is 3.16. The maximum Gasteiger partial charge on any atom is 0.490 e. The van der Waals surface area contributed by atoms with E-state index in [1.807, 2.05) is 23.1 Å². The van der Waals surface area contributed by atoms with E-state index in [-0.39, 0.29) is 23.1 Å². The number of hydrogen-bond acceptors (Lipinski definition) is 3. The van der Waals surface area contributed by atoms with Gasteiger partial charge < -0.3 is 10.0 Å². The average Bonchev–Trinajstić information content (AvgIpc) is 2.95. The number of carbonyl (C=O) groups excluding carboxylic acids is 1. The zero-order chi connectivity index (χ0) is 25.6. The molecule has 0 aromatic heterocycles. The van der Waals surface area contributed by atoms with E-state index >= 15 is 0 Å². The van der Waals surface area contributed by atoms with Crippen molar-refractivity contribution in [2.75, 3.05) is 13.1 Å². The molecule has 4 rings (SSSR count). The molecule has 1 atom stereocenters. The van der Waals surface area contributed by atoms with Crippen molar-refractivity contribution < 1.29 is 36.6 Å². The fourth-order valence-electron chi connectivity index (χ4n) is 4.71. The lowest BCUT2D eigenvalue weighted by Crippen LogP contribution is -2.45. The number of alkyl halides is 3. The van der Waals surface area contributed by atoms with Crippen LogP contribution in [-0.2, 0) is 22.7 Å². The van der Waals surface area contributed by atoms with E-state index in [0.29, 0.717) is 13.0 Å². The van der Waals surface area contributed by atoms with Crippen molar-refractivity contribution in [1.29, 1.82) is 0 Å². The molecule has 1 amide bonds. The van der Waals surface area contributed by atoms with Crippen molar-refractivity contribution in [2.45, 2.75) is 56.9 Å². The van der Waals surface area contributed by atoms with Crippen LogP contribution < -0.4 is 0 Å². The third-order valence-electron chi connectivity index (χ3n) is 6.48. The number of likely N-dealkylation sites (tertiary alicyclic amines) is 2. The number of carboxylic acid groups (broad SMARTS) is 1. The van der Waals surface area contributed by atoms with Gasteiger partial charge in [-0.2, -0.15) is 13.2 Å². The van der Waals surface area contributed by atoms with Crippen LogP contribution in [0.15, 0.2) is 48.5 Å². The molecule has 2 aliphatic rings. The second-order valence-corrected chi connectivity index (χ2v) is 8.89. The van der Waals surface area contributed by atoms with E-state index in [2.05, 4.69) is 4.90 Å². The fraction of sp³-hybridized carbons (Fsp3) is 0.440. The monoisotopic (exact) mass is 498 g/mol. The molecule has 5 nitrogen and oxygen atoms in total. The summed E-state index contributed by atoms with van der Waals surface area (Å²) in [6.07, 6.45) is -0.698. The third-order valence-corrected chi connectivity index (χ3v) is 6.48. The van der Waals surface area contributed by atoms with Crippen LogP contribution in [0, 0.1) is 11.6 Å². The number of aliphatic carboxylic acids is 1. The summed E-state index contributed by atoms with van der Waals surface area (Å²) in [5, 5.41) is 7.12. The number of halogens is 5. The predicted molar refractivity (Wildman–Crippen MR) is 118 cm³/mol. The zero-order valence-corrected chi connectivity index (χ0v) is 19.0. The Labute approximate surface area is 200 Å². The lowest BCUT2D eigenvalue weighted by molar-refractivity contribution is -0.192. The number of amides is 1. The van der Waals surface area contributed by atoms with Gasteiger partial charge in [-0.25, -0.2) is 13.6 Å². The topological polar surface area (TPSA) is 60.9 Å². The molecule has 1 unspecified atom stereocenters. The number of hydrogen-bond donors (Lipinski definition) is 1.